The highest BCUT2D eigenvalue weighted by Crippen LogP contribution is 2.27. The summed E-state index contributed by atoms with van der Waals surface area (Å²) in [6, 6.07) is 4.42. The summed E-state index contributed by atoms with van der Waals surface area (Å²) in [6.45, 7) is 3.94. The van der Waals surface area contributed by atoms with Gasteiger partial charge in [0.25, 0.3) is 0 Å². The predicted octanol–water partition coefficient (Wildman–Crippen LogP) is 2.58. The Balaban J connectivity index is 1.90. The Morgan fingerprint density at radius 1 is 1.41 bits per heavy atom. The van der Waals surface area contributed by atoms with Crippen molar-refractivity contribution < 1.29 is 4.42 Å². The molecular formula is C17H18N4O. The first-order valence-corrected chi connectivity index (χ1v) is 7.41. The summed E-state index contributed by atoms with van der Waals surface area (Å²) in [4.78, 5) is 6.73. The Morgan fingerprint density at radius 2 is 2.18 bits per heavy atom. The van der Waals surface area contributed by atoms with Gasteiger partial charge in [-0.1, -0.05) is 5.92 Å². The molecule has 0 amide bonds. The van der Waals surface area contributed by atoms with E-state index in [0.29, 0.717) is 17.2 Å². The number of rotatable bonds is 2. The summed E-state index contributed by atoms with van der Waals surface area (Å²) in [6.07, 6.45) is 3.87. The SMILES string of the molecule is CC#Cc1c(C#N)oc2cnc(NC3CCN(C)CC3)cc12. The van der Waals surface area contributed by atoms with E-state index in [1.807, 2.05) is 6.07 Å². The number of hydrogen-bond acceptors (Lipinski definition) is 5. The van der Waals surface area contributed by atoms with E-state index in [9.17, 15) is 0 Å². The van der Waals surface area contributed by atoms with Gasteiger partial charge >= 0.3 is 0 Å². The van der Waals surface area contributed by atoms with Gasteiger partial charge in [0, 0.05) is 11.4 Å². The standard InChI is InChI=1S/C17H18N4O/c1-3-4-13-14-9-17(19-11-16(14)22-15(13)10-18)20-12-5-7-21(2)8-6-12/h9,11-12H,5-8H2,1-2H3,(H,19,20). The molecule has 3 heterocycles. The van der Waals surface area contributed by atoms with Crippen LogP contribution in [0.2, 0.25) is 0 Å². The Labute approximate surface area is 129 Å². The zero-order valence-electron chi connectivity index (χ0n) is 12.8. The van der Waals surface area contributed by atoms with Gasteiger partial charge in [-0.15, -0.1) is 5.92 Å². The summed E-state index contributed by atoms with van der Waals surface area (Å²) in [5.41, 5.74) is 1.25. The molecule has 0 saturated carbocycles. The van der Waals surface area contributed by atoms with Crippen molar-refractivity contribution in [1.82, 2.24) is 9.88 Å². The number of furan rings is 1. The van der Waals surface area contributed by atoms with E-state index in [4.69, 9.17) is 9.68 Å². The number of fused-ring (bicyclic) bond motifs is 1. The third-order valence-electron chi connectivity index (χ3n) is 4.00. The first-order chi connectivity index (χ1) is 10.7. The molecule has 1 aliphatic heterocycles. The Bertz CT molecular complexity index is 783. The summed E-state index contributed by atoms with van der Waals surface area (Å²) < 4.78 is 5.50. The van der Waals surface area contributed by atoms with Crippen molar-refractivity contribution in [2.75, 3.05) is 25.5 Å². The molecule has 0 spiro atoms. The van der Waals surface area contributed by atoms with Crippen molar-refractivity contribution in [3.63, 3.8) is 0 Å². The third kappa shape index (κ3) is 2.77. The molecule has 1 saturated heterocycles. The van der Waals surface area contributed by atoms with Crippen molar-refractivity contribution in [1.29, 1.82) is 5.26 Å². The molecule has 0 aromatic carbocycles. The van der Waals surface area contributed by atoms with E-state index in [2.05, 4.69) is 40.2 Å². The largest absolute Gasteiger partial charge is 0.443 e. The molecule has 2 aromatic heterocycles. The molecule has 0 atom stereocenters. The van der Waals surface area contributed by atoms with E-state index in [1.54, 1.807) is 13.1 Å². The highest BCUT2D eigenvalue weighted by atomic mass is 16.3. The van der Waals surface area contributed by atoms with Crippen molar-refractivity contribution in [2.45, 2.75) is 25.8 Å². The molecule has 2 aromatic rings. The fourth-order valence-electron chi connectivity index (χ4n) is 2.77. The second-order valence-electron chi connectivity index (χ2n) is 5.58. The van der Waals surface area contributed by atoms with E-state index in [-0.39, 0.29) is 5.76 Å². The number of likely N-dealkylation sites (tertiary alicyclic amines) is 1. The monoisotopic (exact) mass is 294 g/mol. The van der Waals surface area contributed by atoms with Crippen LogP contribution in [0.25, 0.3) is 11.0 Å². The van der Waals surface area contributed by atoms with Crippen LogP contribution in [-0.4, -0.2) is 36.1 Å². The van der Waals surface area contributed by atoms with Crippen molar-refractivity contribution in [3.05, 3.63) is 23.6 Å². The summed E-state index contributed by atoms with van der Waals surface area (Å²) in [7, 11) is 2.14. The smallest absolute Gasteiger partial charge is 0.220 e. The molecule has 0 unspecified atom stereocenters. The van der Waals surface area contributed by atoms with Gasteiger partial charge in [0.15, 0.2) is 5.58 Å². The first kappa shape index (κ1) is 14.4. The molecule has 22 heavy (non-hydrogen) atoms. The van der Waals surface area contributed by atoms with Crippen LogP contribution in [0.5, 0.6) is 0 Å². The van der Waals surface area contributed by atoms with E-state index in [1.165, 1.54) is 0 Å². The fourth-order valence-corrected chi connectivity index (χ4v) is 2.77. The maximum Gasteiger partial charge on any atom is 0.220 e. The van der Waals surface area contributed by atoms with Gasteiger partial charge in [-0.05, 0) is 46.0 Å². The van der Waals surface area contributed by atoms with Gasteiger partial charge < -0.3 is 14.6 Å². The van der Waals surface area contributed by atoms with Crippen molar-refractivity contribution in [3.8, 4) is 17.9 Å². The van der Waals surface area contributed by atoms with E-state index in [0.717, 1.165) is 37.1 Å². The van der Waals surface area contributed by atoms with Gasteiger partial charge in [-0.2, -0.15) is 5.26 Å². The minimum atomic E-state index is 0.252. The van der Waals surface area contributed by atoms with Gasteiger partial charge in [-0.25, -0.2) is 4.98 Å². The maximum atomic E-state index is 9.15. The maximum absolute atomic E-state index is 9.15. The number of piperidine rings is 1. The lowest BCUT2D eigenvalue weighted by molar-refractivity contribution is 0.263. The zero-order chi connectivity index (χ0) is 15.5. The first-order valence-electron chi connectivity index (χ1n) is 7.41. The number of aromatic nitrogens is 1. The predicted molar refractivity (Wildman–Crippen MR) is 85.4 cm³/mol. The Morgan fingerprint density at radius 3 is 2.86 bits per heavy atom. The molecular weight excluding hydrogens is 276 g/mol. The molecule has 1 aliphatic rings. The third-order valence-corrected chi connectivity index (χ3v) is 4.00. The Hall–Kier alpha value is -2.50. The van der Waals surface area contributed by atoms with Gasteiger partial charge in [0.2, 0.25) is 5.76 Å². The average Bonchev–Trinajstić information content (AvgIpc) is 2.88. The average molecular weight is 294 g/mol. The van der Waals surface area contributed by atoms with Crippen LogP contribution in [-0.2, 0) is 0 Å². The zero-order valence-corrected chi connectivity index (χ0v) is 12.8. The topological polar surface area (TPSA) is 65.1 Å². The van der Waals surface area contributed by atoms with Gasteiger partial charge in [-0.3, -0.25) is 0 Å². The number of pyridine rings is 1. The minimum absolute atomic E-state index is 0.252. The quantitative estimate of drug-likeness (QED) is 0.862. The molecule has 1 N–H and O–H groups in total. The van der Waals surface area contributed by atoms with Gasteiger partial charge in [0.05, 0.1) is 11.8 Å². The van der Waals surface area contributed by atoms with Crippen molar-refractivity contribution >= 4 is 16.8 Å². The molecule has 5 heteroatoms. The normalized spacial score (nSPS) is 16.0. The molecule has 0 radical (unpaired) electrons. The number of nitrogens with zero attached hydrogens (tertiary/aromatic N) is 3. The van der Waals surface area contributed by atoms with Crippen LogP contribution in [0.3, 0.4) is 0 Å². The highest BCUT2D eigenvalue weighted by Gasteiger charge is 2.18. The molecule has 1 fully saturated rings. The van der Waals surface area contributed by atoms with Crippen LogP contribution in [0, 0.1) is 23.2 Å². The van der Waals surface area contributed by atoms with E-state index >= 15 is 0 Å². The van der Waals surface area contributed by atoms with Crippen LogP contribution in [0.4, 0.5) is 5.82 Å². The summed E-state index contributed by atoms with van der Waals surface area (Å²) >= 11 is 0. The van der Waals surface area contributed by atoms with Gasteiger partial charge in [0.1, 0.15) is 11.9 Å². The van der Waals surface area contributed by atoms with Crippen LogP contribution >= 0.6 is 0 Å². The molecule has 0 aliphatic carbocycles. The lowest BCUT2D eigenvalue weighted by atomic mass is 10.1. The number of nitrogens with one attached hydrogen (secondary N) is 1. The Kier molecular flexibility index (Phi) is 4.00. The second kappa shape index (κ2) is 6.09. The van der Waals surface area contributed by atoms with Crippen LogP contribution in [0.1, 0.15) is 31.1 Å². The molecule has 0 bridgehead atoms. The summed E-state index contributed by atoms with van der Waals surface area (Å²) in [5, 5.41) is 13.5. The number of hydrogen-bond donors (Lipinski definition) is 1. The molecule has 3 rings (SSSR count). The summed E-state index contributed by atoms with van der Waals surface area (Å²) in [5.74, 6) is 6.86. The lowest BCUT2D eigenvalue weighted by Gasteiger charge is -2.29. The highest BCUT2D eigenvalue weighted by molar-refractivity contribution is 5.87. The minimum Gasteiger partial charge on any atom is -0.443 e. The second-order valence-corrected chi connectivity index (χ2v) is 5.58. The molecule has 5 nitrogen and oxygen atoms in total. The van der Waals surface area contributed by atoms with Crippen LogP contribution in [0.15, 0.2) is 16.7 Å². The van der Waals surface area contributed by atoms with E-state index < -0.39 is 0 Å². The van der Waals surface area contributed by atoms with Crippen molar-refractivity contribution in [2.24, 2.45) is 0 Å². The lowest BCUT2D eigenvalue weighted by Crippen LogP contribution is -2.36. The number of nitriles is 1. The number of anilines is 1. The fraction of sp³-hybridized carbons (Fsp3) is 0.412. The van der Waals surface area contributed by atoms with Crippen LogP contribution < -0.4 is 5.32 Å². The molecule has 112 valence electrons.